The molecule has 6 nitrogen and oxygen atoms in total. The number of aliphatic hydroxyl groups is 1. The molecule has 3 aromatic rings. The Hall–Kier alpha value is -3.35. The second-order valence-corrected chi connectivity index (χ2v) is 8.10. The fourth-order valence-corrected chi connectivity index (χ4v) is 4.40. The van der Waals surface area contributed by atoms with Crippen molar-refractivity contribution in [2.45, 2.75) is 18.4 Å². The highest BCUT2D eigenvalue weighted by Crippen LogP contribution is 2.49. The van der Waals surface area contributed by atoms with Gasteiger partial charge in [0.05, 0.1) is 25.8 Å². The first-order valence-corrected chi connectivity index (χ1v) is 10.3. The van der Waals surface area contributed by atoms with Crippen LogP contribution < -0.4 is 14.8 Å². The Kier molecular flexibility index (Phi) is 5.67. The van der Waals surface area contributed by atoms with Gasteiger partial charge in [0.1, 0.15) is 11.5 Å². The third-order valence-electron chi connectivity index (χ3n) is 5.80. The lowest BCUT2D eigenvalue weighted by Gasteiger charge is -2.31. The largest absolute Gasteiger partial charge is 0.497 e. The summed E-state index contributed by atoms with van der Waals surface area (Å²) in [5, 5.41) is 15.0. The molecule has 7 heteroatoms. The Bertz CT molecular complexity index is 1190. The molecule has 3 aromatic carbocycles. The summed E-state index contributed by atoms with van der Waals surface area (Å²) in [4.78, 5) is 27.0. The standard InChI is InChI=1S/C25H22ClNO5/c1-14-12-17(26)13-20-22(14)27-24(29)25(20,30)21(15-4-8-18(31-2)9-5-15)23(28)16-6-10-19(32-3)11-7-16/h4-13,21,30H,1-3H3,(H,27,29)/t21-,25+/m0/s1. The summed E-state index contributed by atoms with van der Waals surface area (Å²) >= 11 is 6.26. The summed E-state index contributed by atoms with van der Waals surface area (Å²) < 4.78 is 10.4. The number of amides is 1. The second kappa shape index (κ2) is 8.30. The number of ketones is 1. The predicted octanol–water partition coefficient (Wildman–Crippen LogP) is 4.47. The lowest BCUT2D eigenvalue weighted by Crippen LogP contribution is -2.44. The molecule has 1 heterocycles. The maximum Gasteiger partial charge on any atom is 0.262 e. The number of carbonyl (C=O) groups is 2. The quantitative estimate of drug-likeness (QED) is 0.540. The van der Waals surface area contributed by atoms with E-state index in [1.807, 2.05) is 0 Å². The van der Waals surface area contributed by atoms with Gasteiger partial charge in [-0.2, -0.15) is 0 Å². The highest BCUT2D eigenvalue weighted by atomic mass is 35.5. The van der Waals surface area contributed by atoms with Gasteiger partial charge in [0.15, 0.2) is 11.4 Å². The molecule has 1 aliphatic heterocycles. The van der Waals surface area contributed by atoms with E-state index >= 15 is 0 Å². The third kappa shape index (κ3) is 3.51. The summed E-state index contributed by atoms with van der Waals surface area (Å²) in [6.45, 7) is 1.78. The van der Waals surface area contributed by atoms with E-state index in [1.165, 1.54) is 20.3 Å². The van der Waals surface area contributed by atoms with Crippen LogP contribution >= 0.6 is 11.6 Å². The molecule has 2 N–H and O–H groups in total. The molecule has 0 saturated carbocycles. The fourth-order valence-electron chi connectivity index (χ4n) is 4.13. The normalized spacial score (nSPS) is 18.0. The zero-order valence-electron chi connectivity index (χ0n) is 17.8. The average Bonchev–Trinajstić information content (AvgIpc) is 3.05. The molecule has 0 unspecified atom stereocenters. The zero-order chi connectivity index (χ0) is 23.0. The van der Waals surface area contributed by atoms with Crippen LogP contribution in [0.5, 0.6) is 11.5 Å². The minimum atomic E-state index is -2.16. The van der Waals surface area contributed by atoms with Crippen LogP contribution in [0.15, 0.2) is 60.7 Å². The summed E-state index contributed by atoms with van der Waals surface area (Å²) in [6.07, 6.45) is 0. The SMILES string of the molecule is COc1ccc(C(=O)[C@H](c2ccc(OC)cc2)[C@@]2(O)C(=O)Nc3c(C)cc(Cl)cc32)cc1. The van der Waals surface area contributed by atoms with Crippen LogP contribution in [-0.2, 0) is 10.4 Å². The summed E-state index contributed by atoms with van der Waals surface area (Å²) in [7, 11) is 3.07. The predicted molar refractivity (Wildman–Crippen MR) is 122 cm³/mol. The molecule has 0 aliphatic carbocycles. The minimum Gasteiger partial charge on any atom is -0.497 e. The molecule has 32 heavy (non-hydrogen) atoms. The molecule has 0 saturated heterocycles. The van der Waals surface area contributed by atoms with Crippen molar-refractivity contribution in [1.29, 1.82) is 0 Å². The molecule has 0 spiro atoms. The molecular formula is C25H22ClNO5. The molecule has 164 valence electrons. The smallest absolute Gasteiger partial charge is 0.262 e. The van der Waals surface area contributed by atoms with Gasteiger partial charge in [0.2, 0.25) is 0 Å². The first kappa shape index (κ1) is 21.9. The number of anilines is 1. The van der Waals surface area contributed by atoms with Gasteiger partial charge in [-0.3, -0.25) is 9.59 Å². The van der Waals surface area contributed by atoms with E-state index in [9.17, 15) is 14.7 Å². The van der Waals surface area contributed by atoms with Crippen molar-refractivity contribution in [2.24, 2.45) is 0 Å². The highest BCUT2D eigenvalue weighted by molar-refractivity contribution is 6.31. The van der Waals surface area contributed by atoms with Crippen molar-refractivity contribution in [3.05, 3.63) is 87.9 Å². The van der Waals surface area contributed by atoms with Crippen molar-refractivity contribution in [3.63, 3.8) is 0 Å². The number of benzene rings is 3. The maximum atomic E-state index is 13.8. The van der Waals surface area contributed by atoms with Crippen molar-refractivity contribution >= 4 is 29.0 Å². The lowest BCUT2D eigenvalue weighted by molar-refractivity contribution is -0.135. The van der Waals surface area contributed by atoms with E-state index < -0.39 is 23.2 Å². The summed E-state index contributed by atoms with van der Waals surface area (Å²) in [5.74, 6) is -1.14. The zero-order valence-corrected chi connectivity index (χ0v) is 18.6. The van der Waals surface area contributed by atoms with E-state index in [4.69, 9.17) is 21.1 Å². The lowest BCUT2D eigenvalue weighted by atomic mass is 9.74. The van der Waals surface area contributed by atoms with Crippen molar-refractivity contribution in [3.8, 4) is 11.5 Å². The molecule has 0 radical (unpaired) electrons. The van der Waals surface area contributed by atoms with Crippen LogP contribution in [-0.4, -0.2) is 31.0 Å². The Balaban J connectivity index is 1.91. The number of hydrogen-bond donors (Lipinski definition) is 2. The Morgan fingerprint density at radius 1 is 1.00 bits per heavy atom. The van der Waals surface area contributed by atoms with Crippen LogP contribution in [0.4, 0.5) is 5.69 Å². The number of nitrogens with one attached hydrogen (secondary N) is 1. The van der Waals surface area contributed by atoms with Gasteiger partial charge in [-0.25, -0.2) is 0 Å². The number of halogens is 1. The number of hydrogen-bond acceptors (Lipinski definition) is 5. The molecule has 2 atom stereocenters. The molecule has 0 aromatic heterocycles. The highest BCUT2D eigenvalue weighted by Gasteiger charge is 2.55. The number of methoxy groups -OCH3 is 2. The Labute approximate surface area is 190 Å². The van der Waals surface area contributed by atoms with Crippen LogP contribution in [0.3, 0.4) is 0 Å². The van der Waals surface area contributed by atoms with Crippen molar-refractivity contribution in [2.75, 3.05) is 19.5 Å². The number of fused-ring (bicyclic) bond motifs is 1. The van der Waals surface area contributed by atoms with Gasteiger partial charge in [0, 0.05) is 16.1 Å². The number of rotatable bonds is 6. The maximum absolute atomic E-state index is 13.8. The molecule has 1 amide bonds. The van der Waals surface area contributed by atoms with Crippen LogP contribution in [0.25, 0.3) is 0 Å². The summed E-state index contributed by atoms with van der Waals surface area (Å²) in [5.41, 5.74) is 0.0754. The van der Waals surface area contributed by atoms with Gasteiger partial charge in [-0.05, 0) is 66.6 Å². The first-order chi connectivity index (χ1) is 15.3. The van der Waals surface area contributed by atoms with Gasteiger partial charge < -0.3 is 19.9 Å². The fraction of sp³-hybridized carbons (Fsp3) is 0.200. The topological polar surface area (TPSA) is 84.9 Å². The van der Waals surface area contributed by atoms with Crippen LogP contribution in [0, 0.1) is 6.92 Å². The van der Waals surface area contributed by atoms with E-state index in [2.05, 4.69) is 5.32 Å². The van der Waals surface area contributed by atoms with E-state index in [1.54, 1.807) is 61.5 Å². The molecule has 1 aliphatic rings. The number of Topliss-reactive ketones (excluding diaryl/α,β-unsaturated/α-hetero) is 1. The molecule has 0 bridgehead atoms. The van der Waals surface area contributed by atoms with E-state index in [0.29, 0.717) is 38.9 Å². The molecular weight excluding hydrogens is 430 g/mol. The van der Waals surface area contributed by atoms with Gasteiger partial charge in [-0.15, -0.1) is 0 Å². The summed E-state index contributed by atoms with van der Waals surface area (Å²) in [6, 6.07) is 16.5. The molecule has 4 rings (SSSR count). The van der Waals surface area contributed by atoms with Gasteiger partial charge >= 0.3 is 0 Å². The van der Waals surface area contributed by atoms with E-state index in [-0.39, 0.29) is 5.56 Å². The van der Waals surface area contributed by atoms with Gasteiger partial charge in [-0.1, -0.05) is 23.7 Å². The average molecular weight is 452 g/mol. The number of ether oxygens (including phenoxy) is 2. The second-order valence-electron chi connectivity index (χ2n) is 7.66. The minimum absolute atomic E-state index is 0.273. The molecule has 0 fully saturated rings. The third-order valence-corrected chi connectivity index (χ3v) is 6.02. The first-order valence-electron chi connectivity index (χ1n) is 9.96. The van der Waals surface area contributed by atoms with Gasteiger partial charge in [0.25, 0.3) is 5.91 Å². The Morgan fingerprint density at radius 3 is 2.12 bits per heavy atom. The Morgan fingerprint density at radius 2 is 1.56 bits per heavy atom. The number of carbonyl (C=O) groups excluding carboxylic acids is 2. The monoisotopic (exact) mass is 451 g/mol. The van der Waals surface area contributed by atoms with Crippen LogP contribution in [0.1, 0.15) is 33.0 Å². The van der Waals surface area contributed by atoms with Crippen LogP contribution in [0.2, 0.25) is 5.02 Å². The van der Waals surface area contributed by atoms with Crippen molar-refractivity contribution < 1.29 is 24.2 Å². The number of aryl methyl sites for hydroxylation is 1. The van der Waals surface area contributed by atoms with Crippen molar-refractivity contribution in [1.82, 2.24) is 0 Å². The van der Waals surface area contributed by atoms with E-state index in [0.717, 1.165) is 0 Å².